The molecular weight excluding hydrogens is 258 g/mol. The minimum absolute atomic E-state index is 0.594. The molecule has 112 valence electrons. The van der Waals surface area contributed by atoms with Gasteiger partial charge in [0.2, 0.25) is 0 Å². The van der Waals surface area contributed by atoms with Crippen LogP contribution in [-0.2, 0) is 19.5 Å². The normalized spacial score (nSPS) is 27.8. The molecule has 0 saturated heterocycles. The summed E-state index contributed by atoms with van der Waals surface area (Å²) in [5.74, 6) is 4.15. The quantitative estimate of drug-likeness (QED) is 0.933. The third-order valence-corrected chi connectivity index (χ3v) is 5.77. The molecule has 1 heterocycles. The van der Waals surface area contributed by atoms with Crippen LogP contribution in [0.5, 0.6) is 0 Å². The van der Waals surface area contributed by atoms with Crippen molar-refractivity contribution < 1.29 is 0 Å². The number of aryl methyl sites for hydroxylation is 1. The van der Waals surface area contributed by atoms with E-state index in [9.17, 15) is 0 Å². The van der Waals surface area contributed by atoms with Crippen LogP contribution in [-0.4, -0.2) is 9.55 Å². The van der Waals surface area contributed by atoms with Crippen LogP contribution < -0.4 is 5.73 Å². The zero-order valence-corrected chi connectivity index (χ0v) is 12.9. The van der Waals surface area contributed by atoms with E-state index in [1.54, 1.807) is 0 Å². The van der Waals surface area contributed by atoms with Crippen molar-refractivity contribution in [2.75, 3.05) is 0 Å². The maximum Gasteiger partial charge on any atom is 0.110 e. The van der Waals surface area contributed by atoms with E-state index in [4.69, 9.17) is 10.7 Å². The molecule has 2 N–H and O–H groups in total. The highest BCUT2D eigenvalue weighted by atomic mass is 15.1. The Labute approximate surface area is 126 Å². The standard InChI is InChI=1S/C18H25N3/c1-2-21-17-6-4-13(11-19)9-16(17)20-18(21)10-15-8-12-3-5-14(15)7-12/h4,6,9,12,14-15H,2-3,5,7-8,10-11,19H2,1H3. The van der Waals surface area contributed by atoms with Crippen LogP contribution in [0.15, 0.2) is 18.2 Å². The zero-order valence-electron chi connectivity index (χ0n) is 12.9. The van der Waals surface area contributed by atoms with Gasteiger partial charge in [-0.2, -0.15) is 0 Å². The summed E-state index contributed by atoms with van der Waals surface area (Å²) < 4.78 is 2.40. The number of nitrogens with two attached hydrogens (primary N) is 1. The molecule has 4 rings (SSSR count). The monoisotopic (exact) mass is 283 g/mol. The molecule has 2 aromatic rings. The lowest BCUT2D eigenvalue weighted by molar-refractivity contribution is 0.324. The molecule has 1 aromatic heterocycles. The Morgan fingerprint density at radius 3 is 2.86 bits per heavy atom. The molecule has 3 atom stereocenters. The van der Waals surface area contributed by atoms with E-state index in [1.165, 1.54) is 49.0 Å². The lowest BCUT2D eigenvalue weighted by Crippen LogP contribution is -2.16. The fourth-order valence-electron chi connectivity index (χ4n) is 4.72. The van der Waals surface area contributed by atoms with E-state index in [0.29, 0.717) is 6.54 Å². The summed E-state index contributed by atoms with van der Waals surface area (Å²) in [5, 5.41) is 0. The van der Waals surface area contributed by atoms with Gasteiger partial charge in [-0.25, -0.2) is 4.98 Å². The van der Waals surface area contributed by atoms with Crippen molar-refractivity contribution in [1.29, 1.82) is 0 Å². The maximum atomic E-state index is 5.76. The number of fused-ring (bicyclic) bond motifs is 3. The highest BCUT2D eigenvalue weighted by molar-refractivity contribution is 5.77. The van der Waals surface area contributed by atoms with Gasteiger partial charge in [-0.1, -0.05) is 12.5 Å². The number of hydrogen-bond donors (Lipinski definition) is 1. The second-order valence-electron chi connectivity index (χ2n) is 6.94. The van der Waals surface area contributed by atoms with Gasteiger partial charge >= 0.3 is 0 Å². The summed E-state index contributed by atoms with van der Waals surface area (Å²) in [7, 11) is 0. The first-order valence-corrected chi connectivity index (χ1v) is 8.46. The van der Waals surface area contributed by atoms with E-state index in [1.807, 2.05) is 0 Å². The van der Waals surface area contributed by atoms with Crippen LogP contribution in [0.4, 0.5) is 0 Å². The summed E-state index contributed by atoms with van der Waals surface area (Å²) in [6.07, 6.45) is 7.02. The fourth-order valence-corrected chi connectivity index (χ4v) is 4.72. The van der Waals surface area contributed by atoms with Gasteiger partial charge in [0.1, 0.15) is 5.82 Å². The van der Waals surface area contributed by atoms with Crippen LogP contribution in [0.1, 0.15) is 44.0 Å². The number of benzene rings is 1. The van der Waals surface area contributed by atoms with Crippen LogP contribution in [0.25, 0.3) is 11.0 Å². The smallest absolute Gasteiger partial charge is 0.110 e. The number of aromatic nitrogens is 2. The van der Waals surface area contributed by atoms with Crippen LogP contribution in [0.3, 0.4) is 0 Å². The minimum atomic E-state index is 0.594. The molecule has 2 fully saturated rings. The Bertz CT molecular complexity index is 658. The molecule has 3 unspecified atom stereocenters. The van der Waals surface area contributed by atoms with Gasteiger partial charge in [-0.3, -0.25) is 0 Å². The summed E-state index contributed by atoms with van der Waals surface area (Å²) >= 11 is 0. The zero-order chi connectivity index (χ0) is 14.4. The number of rotatable bonds is 4. The number of imidazole rings is 1. The molecule has 0 spiro atoms. The molecule has 3 heteroatoms. The molecule has 3 nitrogen and oxygen atoms in total. The predicted molar refractivity (Wildman–Crippen MR) is 85.9 cm³/mol. The van der Waals surface area contributed by atoms with Gasteiger partial charge in [-0.05, 0) is 61.6 Å². The van der Waals surface area contributed by atoms with Crippen molar-refractivity contribution in [3.63, 3.8) is 0 Å². The lowest BCUT2D eigenvalue weighted by Gasteiger charge is -2.21. The molecule has 0 radical (unpaired) electrons. The van der Waals surface area contributed by atoms with Crippen molar-refractivity contribution in [1.82, 2.24) is 9.55 Å². The lowest BCUT2D eigenvalue weighted by atomic mass is 9.86. The van der Waals surface area contributed by atoms with Gasteiger partial charge in [0.15, 0.2) is 0 Å². The Balaban J connectivity index is 1.67. The Morgan fingerprint density at radius 2 is 2.19 bits per heavy atom. The number of nitrogens with zero attached hydrogens (tertiary/aromatic N) is 2. The van der Waals surface area contributed by atoms with Crippen molar-refractivity contribution in [3.8, 4) is 0 Å². The topological polar surface area (TPSA) is 43.8 Å². The average molecular weight is 283 g/mol. The van der Waals surface area contributed by atoms with Crippen LogP contribution in [0, 0.1) is 17.8 Å². The molecule has 2 saturated carbocycles. The van der Waals surface area contributed by atoms with Gasteiger partial charge in [0.25, 0.3) is 0 Å². The van der Waals surface area contributed by atoms with Gasteiger partial charge in [0, 0.05) is 19.5 Å². The Hall–Kier alpha value is -1.35. The first-order chi connectivity index (χ1) is 10.3. The van der Waals surface area contributed by atoms with Crippen molar-refractivity contribution in [2.24, 2.45) is 23.5 Å². The third-order valence-electron chi connectivity index (χ3n) is 5.77. The molecule has 21 heavy (non-hydrogen) atoms. The van der Waals surface area contributed by atoms with Crippen molar-refractivity contribution in [3.05, 3.63) is 29.6 Å². The average Bonchev–Trinajstić information content (AvgIpc) is 3.19. The molecule has 2 aliphatic rings. The second kappa shape index (κ2) is 5.13. The summed E-state index contributed by atoms with van der Waals surface area (Å²) in [6, 6.07) is 6.49. The molecule has 1 aromatic carbocycles. The highest BCUT2D eigenvalue weighted by Gasteiger charge is 2.39. The number of hydrogen-bond acceptors (Lipinski definition) is 2. The third kappa shape index (κ3) is 2.18. The van der Waals surface area contributed by atoms with E-state index in [-0.39, 0.29) is 0 Å². The molecule has 0 amide bonds. The van der Waals surface area contributed by atoms with Crippen molar-refractivity contribution >= 4 is 11.0 Å². The van der Waals surface area contributed by atoms with Crippen LogP contribution in [0.2, 0.25) is 0 Å². The largest absolute Gasteiger partial charge is 0.328 e. The highest BCUT2D eigenvalue weighted by Crippen LogP contribution is 2.49. The van der Waals surface area contributed by atoms with Gasteiger partial charge in [-0.15, -0.1) is 0 Å². The Morgan fingerprint density at radius 1 is 1.29 bits per heavy atom. The molecule has 2 bridgehead atoms. The summed E-state index contributed by atoms with van der Waals surface area (Å²) in [4.78, 5) is 4.95. The van der Waals surface area contributed by atoms with Crippen LogP contribution >= 0.6 is 0 Å². The minimum Gasteiger partial charge on any atom is -0.328 e. The predicted octanol–water partition coefficient (Wildman–Crippen LogP) is 3.49. The molecule has 0 aliphatic heterocycles. The first kappa shape index (κ1) is 13.3. The van der Waals surface area contributed by atoms with Crippen molar-refractivity contribution in [2.45, 2.75) is 52.1 Å². The van der Waals surface area contributed by atoms with Gasteiger partial charge < -0.3 is 10.3 Å². The van der Waals surface area contributed by atoms with E-state index >= 15 is 0 Å². The molecule has 2 aliphatic carbocycles. The first-order valence-electron chi connectivity index (χ1n) is 8.46. The SMILES string of the molecule is CCn1c(CC2CC3CCC2C3)nc2cc(CN)ccc21. The van der Waals surface area contributed by atoms with E-state index < -0.39 is 0 Å². The maximum absolute atomic E-state index is 5.76. The van der Waals surface area contributed by atoms with Gasteiger partial charge in [0.05, 0.1) is 11.0 Å². The van der Waals surface area contributed by atoms with E-state index in [0.717, 1.165) is 29.8 Å². The van der Waals surface area contributed by atoms with E-state index in [2.05, 4.69) is 29.7 Å². The summed E-state index contributed by atoms with van der Waals surface area (Å²) in [5.41, 5.74) is 9.33. The summed E-state index contributed by atoms with van der Waals surface area (Å²) in [6.45, 7) is 3.83. The fraction of sp³-hybridized carbons (Fsp3) is 0.611. The molecular formula is C18H25N3. The second-order valence-corrected chi connectivity index (χ2v) is 6.94. The Kier molecular flexibility index (Phi) is 3.26.